The number of hydrogen-bond acceptors (Lipinski definition) is 4. The van der Waals surface area contributed by atoms with Crippen molar-refractivity contribution in [3.63, 3.8) is 0 Å². The van der Waals surface area contributed by atoms with Gasteiger partial charge in [0.1, 0.15) is 11.6 Å². The van der Waals surface area contributed by atoms with E-state index in [1.54, 1.807) is 17.0 Å². The van der Waals surface area contributed by atoms with Crippen molar-refractivity contribution >= 4 is 5.91 Å². The number of nitrogens with one attached hydrogen (secondary N) is 1. The van der Waals surface area contributed by atoms with Crippen LogP contribution in [0.5, 0.6) is 5.75 Å². The van der Waals surface area contributed by atoms with E-state index in [1.807, 2.05) is 0 Å². The number of piperidine rings is 1. The molecule has 1 saturated heterocycles. The molecule has 1 unspecified atom stereocenters. The molecule has 1 amide bonds. The van der Waals surface area contributed by atoms with E-state index >= 15 is 0 Å². The zero-order chi connectivity index (χ0) is 17.9. The molecule has 1 heterocycles. The first-order valence-electron chi connectivity index (χ1n) is 9.09. The zero-order valence-electron chi connectivity index (χ0n) is 14.8. The third kappa shape index (κ3) is 4.12. The van der Waals surface area contributed by atoms with Crippen LogP contribution >= 0.6 is 0 Å². The van der Waals surface area contributed by atoms with Crippen molar-refractivity contribution in [2.45, 2.75) is 56.7 Å². The number of likely N-dealkylation sites (tertiary alicyclic amines) is 1. The van der Waals surface area contributed by atoms with E-state index < -0.39 is 5.60 Å². The minimum atomic E-state index is -1.39. The Morgan fingerprint density at radius 2 is 2.12 bits per heavy atom. The minimum absolute atomic E-state index is 0.146. The van der Waals surface area contributed by atoms with Gasteiger partial charge in [-0.3, -0.25) is 4.79 Å². The number of rotatable bonds is 6. The van der Waals surface area contributed by atoms with Crippen LogP contribution in [0.25, 0.3) is 0 Å². The first-order chi connectivity index (χ1) is 12.0. The van der Waals surface area contributed by atoms with Gasteiger partial charge >= 0.3 is 0 Å². The number of carbonyl (C=O) groups excluding carboxylic acids is 1. The molecule has 25 heavy (non-hydrogen) atoms. The molecule has 5 nitrogen and oxygen atoms in total. The third-order valence-corrected chi connectivity index (χ3v) is 5.36. The Morgan fingerprint density at radius 1 is 1.36 bits per heavy atom. The minimum Gasteiger partial charge on any atom is -0.497 e. The van der Waals surface area contributed by atoms with Crippen LogP contribution < -0.4 is 10.1 Å². The topological polar surface area (TPSA) is 61.8 Å². The number of hydrogen-bond donors (Lipinski definition) is 2. The number of methoxy groups -OCH3 is 1. The fraction of sp³-hybridized carbons (Fsp3) is 0.632. The molecule has 2 N–H and O–H groups in total. The van der Waals surface area contributed by atoms with Crippen LogP contribution in [0.2, 0.25) is 0 Å². The van der Waals surface area contributed by atoms with Crippen LogP contribution in [0.15, 0.2) is 18.2 Å². The number of amides is 1. The fourth-order valence-corrected chi connectivity index (χ4v) is 3.83. The molecule has 1 aliphatic carbocycles. The molecule has 1 aromatic carbocycles. The largest absolute Gasteiger partial charge is 0.497 e. The first-order valence-corrected chi connectivity index (χ1v) is 9.09. The number of ether oxygens (including phenoxy) is 1. The van der Waals surface area contributed by atoms with Gasteiger partial charge in [0.05, 0.1) is 7.11 Å². The van der Waals surface area contributed by atoms with Gasteiger partial charge in [0.25, 0.3) is 5.91 Å². The second-order valence-electron chi connectivity index (χ2n) is 7.18. The Labute approximate surface area is 148 Å². The van der Waals surface area contributed by atoms with Crippen LogP contribution in [0.4, 0.5) is 4.39 Å². The van der Waals surface area contributed by atoms with Gasteiger partial charge in [0.2, 0.25) is 0 Å². The zero-order valence-corrected chi connectivity index (χ0v) is 14.8. The lowest BCUT2D eigenvalue weighted by atomic mass is 9.91. The van der Waals surface area contributed by atoms with E-state index in [2.05, 4.69) is 5.32 Å². The highest BCUT2D eigenvalue weighted by atomic mass is 19.1. The van der Waals surface area contributed by atoms with Gasteiger partial charge in [-0.25, -0.2) is 4.39 Å². The average molecular weight is 350 g/mol. The molecule has 6 heteroatoms. The molecule has 2 fully saturated rings. The second kappa shape index (κ2) is 7.70. The van der Waals surface area contributed by atoms with Gasteiger partial charge in [0, 0.05) is 31.2 Å². The number of carbonyl (C=O) groups is 1. The molecule has 1 saturated carbocycles. The van der Waals surface area contributed by atoms with Crippen molar-refractivity contribution in [3.05, 3.63) is 29.6 Å². The van der Waals surface area contributed by atoms with Gasteiger partial charge < -0.3 is 20.1 Å². The summed E-state index contributed by atoms with van der Waals surface area (Å²) in [7, 11) is 1.52. The monoisotopic (exact) mass is 350 g/mol. The van der Waals surface area contributed by atoms with Crippen molar-refractivity contribution in [1.29, 1.82) is 0 Å². The Bertz CT molecular complexity index is 619. The lowest BCUT2D eigenvalue weighted by molar-refractivity contribution is -0.157. The Kier molecular flexibility index (Phi) is 5.59. The fourth-order valence-electron chi connectivity index (χ4n) is 3.83. The lowest BCUT2D eigenvalue weighted by Crippen LogP contribution is -2.58. The van der Waals surface area contributed by atoms with Gasteiger partial charge in [-0.2, -0.15) is 0 Å². The summed E-state index contributed by atoms with van der Waals surface area (Å²) in [5.41, 5.74) is -0.989. The van der Waals surface area contributed by atoms with E-state index in [-0.39, 0.29) is 24.8 Å². The van der Waals surface area contributed by atoms with Gasteiger partial charge in [0.15, 0.2) is 5.60 Å². The molecule has 0 radical (unpaired) electrons. The molecular weight excluding hydrogens is 323 g/mol. The number of nitrogens with zero attached hydrogens (tertiary/aromatic N) is 1. The maximum Gasteiger partial charge on any atom is 0.256 e. The highest BCUT2D eigenvalue weighted by Crippen LogP contribution is 2.27. The molecule has 3 rings (SSSR count). The maximum absolute atomic E-state index is 14.1. The number of halogens is 1. The summed E-state index contributed by atoms with van der Waals surface area (Å²) < 4.78 is 19.2. The molecule has 0 spiro atoms. The summed E-state index contributed by atoms with van der Waals surface area (Å²) in [6.07, 6.45) is 5.76. The van der Waals surface area contributed by atoms with Crippen molar-refractivity contribution in [2.75, 3.05) is 20.2 Å². The van der Waals surface area contributed by atoms with E-state index in [0.717, 1.165) is 12.8 Å². The molecule has 138 valence electrons. The summed E-state index contributed by atoms with van der Waals surface area (Å²) in [6.45, 7) is 0.947. The van der Waals surface area contributed by atoms with Gasteiger partial charge in [-0.15, -0.1) is 0 Å². The molecule has 1 aliphatic heterocycles. The Morgan fingerprint density at radius 3 is 2.84 bits per heavy atom. The summed E-state index contributed by atoms with van der Waals surface area (Å²) in [5.74, 6) is -0.128. The maximum atomic E-state index is 14.1. The molecule has 2 aliphatic rings. The Hall–Kier alpha value is -1.66. The SMILES string of the molecule is COc1ccc(F)c(CN2CCCC(O)(CNC3CCCC3)C2=O)c1. The van der Waals surface area contributed by atoms with Crippen LogP contribution in [-0.2, 0) is 11.3 Å². The standard InChI is InChI=1S/C19H27FN2O3/c1-25-16-7-8-17(20)14(11-16)12-22-10-4-9-19(24,18(22)23)13-21-15-5-2-3-6-15/h7-8,11,15,21,24H,2-6,9-10,12-13H2,1H3. The summed E-state index contributed by atoms with van der Waals surface area (Å²) in [4.78, 5) is 14.4. The normalized spacial score (nSPS) is 24.8. The summed E-state index contributed by atoms with van der Waals surface area (Å²) >= 11 is 0. The van der Waals surface area contributed by atoms with Crippen molar-refractivity contribution in [1.82, 2.24) is 10.2 Å². The van der Waals surface area contributed by atoms with E-state index in [9.17, 15) is 14.3 Å². The van der Waals surface area contributed by atoms with Gasteiger partial charge in [-0.05, 0) is 43.9 Å². The van der Waals surface area contributed by atoms with Crippen LogP contribution in [0.3, 0.4) is 0 Å². The second-order valence-corrected chi connectivity index (χ2v) is 7.18. The molecular formula is C19H27FN2O3. The predicted molar refractivity (Wildman–Crippen MR) is 92.8 cm³/mol. The van der Waals surface area contributed by atoms with Gasteiger partial charge in [-0.1, -0.05) is 12.8 Å². The lowest BCUT2D eigenvalue weighted by Gasteiger charge is -2.39. The number of benzene rings is 1. The van der Waals surface area contributed by atoms with E-state index in [1.165, 1.54) is 26.0 Å². The number of aliphatic hydroxyl groups is 1. The van der Waals surface area contributed by atoms with Crippen LogP contribution in [-0.4, -0.2) is 47.8 Å². The van der Waals surface area contributed by atoms with E-state index in [4.69, 9.17) is 4.74 Å². The van der Waals surface area contributed by atoms with E-state index in [0.29, 0.717) is 36.7 Å². The van der Waals surface area contributed by atoms with Crippen molar-refractivity contribution in [2.24, 2.45) is 0 Å². The third-order valence-electron chi connectivity index (χ3n) is 5.36. The predicted octanol–water partition coefficient (Wildman–Crippen LogP) is 2.22. The molecule has 0 aromatic heterocycles. The summed E-state index contributed by atoms with van der Waals surface area (Å²) in [6, 6.07) is 4.89. The first kappa shape index (κ1) is 18.1. The average Bonchev–Trinajstić information content (AvgIpc) is 3.13. The molecule has 1 atom stereocenters. The molecule has 0 bridgehead atoms. The quantitative estimate of drug-likeness (QED) is 0.826. The highest BCUT2D eigenvalue weighted by molar-refractivity contribution is 5.86. The van der Waals surface area contributed by atoms with Crippen LogP contribution in [0.1, 0.15) is 44.1 Å². The van der Waals surface area contributed by atoms with Crippen molar-refractivity contribution < 1.29 is 19.0 Å². The Balaban J connectivity index is 1.66. The highest BCUT2D eigenvalue weighted by Gasteiger charge is 2.42. The smallest absolute Gasteiger partial charge is 0.256 e. The van der Waals surface area contributed by atoms with Crippen LogP contribution in [0, 0.1) is 5.82 Å². The summed E-state index contributed by atoms with van der Waals surface area (Å²) in [5, 5.41) is 14.2. The molecule has 1 aromatic rings. The van der Waals surface area contributed by atoms with Crippen molar-refractivity contribution in [3.8, 4) is 5.75 Å².